The molecule has 0 unspecified atom stereocenters. The Balaban J connectivity index is 2.55. The second-order valence-electron chi connectivity index (χ2n) is 2.63. The summed E-state index contributed by atoms with van der Waals surface area (Å²) in [6, 6.07) is 8.07. The Kier molecular flexibility index (Phi) is 1.63. The van der Waals surface area contributed by atoms with Crippen LogP contribution in [-0.2, 0) is 0 Å². The van der Waals surface area contributed by atoms with E-state index >= 15 is 0 Å². The number of aryl methyl sites for hydroxylation is 1. The van der Waals surface area contributed by atoms with E-state index < -0.39 is 0 Å². The van der Waals surface area contributed by atoms with Crippen molar-refractivity contribution >= 4 is 0 Å². The fourth-order valence-corrected chi connectivity index (χ4v) is 1.16. The molecular formula is C9H9N3. The molecule has 60 valence electrons. The Morgan fingerprint density at radius 2 is 2.08 bits per heavy atom. The molecule has 0 aliphatic carbocycles. The Morgan fingerprint density at radius 3 is 2.75 bits per heavy atom. The maximum Gasteiger partial charge on any atom is 0.0697 e. The quantitative estimate of drug-likeness (QED) is 0.632. The van der Waals surface area contributed by atoms with Crippen LogP contribution in [0.15, 0.2) is 36.7 Å². The SMILES string of the molecule is Cc1ccccc1-n1ccnn1. The van der Waals surface area contributed by atoms with Gasteiger partial charge in [-0.15, -0.1) is 5.10 Å². The third kappa shape index (κ3) is 1.09. The summed E-state index contributed by atoms with van der Waals surface area (Å²) >= 11 is 0. The minimum absolute atomic E-state index is 1.08. The molecule has 0 N–H and O–H groups in total. The van der Waals surface area contributed by atoms with E-state index in [0.717, 1.165) is 5.69 Å². The van der Waals surface area contributed by atoms with Gasteiger partial charge in [-0.25, -0.2) is 4.68 Å². The first kappa shape index (κ1) is 7.03. The summed E-state index contributed by atoms with van der Waals surface area (Å²) < 4.78 is 1.76. The maximum absolute atomic E-state index is 3.91. The Labute approximate surface area is 70.6 Å². The van der Waals surface area contributed by atoms with Gasteiger partial charge in [-0.2, -0.15) is 0 Å². The van der Waals surface area contributed by atoms with Crippen LogP contribution in [0, 0.1) is 6.92 Å². The van der Waals surface area contributed by atoms with Gasteiger partial charge < -0.3 is 0 Å². The summed E-state index contributed by atoms with van der Waals surface area (Å²) in [7, 11) is 0. The molecule has 3 heteroatoms. The Morgan fingerprint density at radius 1 is 1.25 bits per heavy atom. The second kappa shape index (κ2) is 2.77. The summed E-state index contributed by atoms with van der Waals surface area (Å²) in [4.78, 5) is 0. The average Bonchev–Trinajstić information content (AvgIpc) is 2.57. The van der Waals surface area contributed by atoms with E-state index in [9.17, 15) is 0 Å². The maximum atomic E-state index is 3.91. The molecule has 0 spiro atoms. The zero-order valence-electron chi connectivity index (χ0n) is 6.81. The highest BCUT2D eigenvalue weighted by Gasteiger charge is 1.98. The Bertz CT molecular complexity index is 365. The third-order valence-electron chi connectivity index (χ3n) is 1.78. The van der Waals surface area contributed by atoms with Crippen molar-refractivity contribution in [3.8, 4) is 5.69 Å². The number of benzene rings is 1. The number of hydrogen-bond acceptors (Lipinski definition) is 2. The highest BCUT2D eigenvalue weighted by Crippen LogP contribution is 2.10. The van der Waals surface area contributed by atoms with Crippen LogP contribution in [0.1, 0.15) is 5.56 Å². The molecule has 12 heavy (non-hydrogen) atoms. The molecule has 2 aromatic rings. The molecule has 0 aliphatic rings. The van der Waals surface area contributed by atoms with Gasteiger partial charge in [-0.05, 0) is 18.6 Å². The van der Waals surface area contributed by atoms with E-state index in [4.69, 9.17) is 0 Å². The lowest BCUT2D eigenvalue weighted by molar-refractivity contribution is 0.798. The first-order chi connectivity index (χ1) is 5.88. The number of nitrogens with zero attached hydrogens (tertiary/aromatic N) is 3. The van der Waals surface area contributed by atoms with Crippen molar-refractivity contribution in [2.24, 2.45) is 0 Å². The van der Waals surface area contributed by atoms with Crippen LogP contribution in [-0.4, -0.2) is 15.0 Å². The fourth-order valence-electron chi connectivity index (χ4n) is 1.16. The van der Waals surface area contributed by atoms with Crippen LogP contribution in [0.2, 0.25) is 0 Å². The van der Waals surface area contributed by atoms with Crippen LogP contribution < -0.4 is 0 Å². The molecule has 0 aliphatic heterocycles. The highest BCUT2D eigenvalue weighted by atomic mass is 15.4. The van der Waals surface area contributed by atoms with Gasteiger partial charge in [0.05, 0.1) is 18.1 Å². The summed E-state index contributed by atoms with van der Waals surface area (Å²) in [6.07, 6.45) is 3.51. The van der Waals surface area contributed by atoms with Crippen molar-refractivity contribution in [1.29, 1.82) is 0 Å². The lowest BCUT2D eigenvalue weighted by atomic mass is 10.2. The lowest BCUT2D eigenvalue weighted by Crippen LogP contribution is -1.96. The molecule has 0 saturated carbocycles. The standard InChI is InChI=1S/C9H9N3/c1-8-4-2-3-5-9(8)12-7-6-10-11-12/h2-7H,1H3. The molecule has 0 saturated heterocycles. The predicted molar refractivity (Wildman–Crippen MR) is 46.1 cm³/mol. The summed E-state index contributed by atoms with van der Waals surface area (Å²) in [5.41, 5.74) is 2.28. The molecular weight excluding hydrogens is 150 g/mol. The van der Waals surface area contributed by atoms with E-state index in [1.165, 1.54) is 5.56 Å². The smallest absolute Gasteiger partial charge is 0.0697 e. The molecule has 1 aromatic carbocycles. The molecule has 0 bridgehead atoms. The van der Waals surface area contributed by atoms with Gasteiger partial charge in [0.1, 0.15) is 0 Å². The minimum Gasteiger partial charge on any atom is -0.221 e. The van der Waals surface area contributed by atoms with Crippen molar-refractivity contribution in [1.82, 2.24) is 15.0 Å². The van der Waals surface area contributed by atoms with Crippen molar-refractivity contribution in [3.05, 3.63) is 42.2 Å². The molecule has 0 fully saturated rings. The van der Waals surface area contributed by atoms with E-state index in [0.29, 0.717) is 0 Å². The van der Waals surface area contributed by atoms with Gasteiger partial charge in [0.2, 0.25) is 0 Å². The first-order valence-electron chi connectivity index (χ1n) is 3.80. The normalized spacial score (nSPS) is 10.1. The molecule has 3 nitrogen and oxygen atoms in total. The molecule has 2 rings (SSSR count). The molecule has 1 aromatic heterocycles. The summed E-state index contributed by atoms with van der Waals surface area (Å²) in [5, 5.41) is 7.67. The zero-order chi connectivity index (χ0) is 8.39. The molecule has 1 heterocycles. The van der Waals surface area contributed by atoms with Gasteiger partial charge in [0, 0.05) is 0 Å². The summed E-state index contributed by atoms with van der Waals surface area (Å²) in [6.45, 7) is 2.05. The van der Waals surface area contributed by atoms with Gasteiger partial charge in [-0.1, -0.05) is 23.4 Å². The molecule has 0 radical (unpaired) electrons. The van der Waals surface area contributed by atoms with Crippen molar-refractivity contribution in [2.45, 2.75) is 6.92 Å². The van der Waals surface area contributed by atoms with Gasteiger partial charge in [0.15, 0.2) is 0 Å². The minimum atomic E-state index is 1.08. The van der Waals surface area contributed by atoms with E-state index in [1.807, 2.05) is 24.4 Å². The van der Waals surface area contributed by atoms with E-state index in [1.54, 1.807) is 10.9 Å². The number of hydrogen-bond donors (Lipinski definition) is 0. The van der Waals surface area contributed by atoms with Crippen molar-refractivity contribution in [3.63, 3.8) is 0 Å². The molecule has 0 amide bonds. The van der Waals surface area contributed by atoms with E-state index in [-0.39, 0.29) is 0 Å². The van der Waals surface area contributed by atoms with Crippen LogP contribution in [0.3, 0.4) is 0 Å². The predicted octanol–water partition coefficient (Wildman–Crippen LogP) is 1.58. The zero-order valence-corrected chi connectivity index (χ0v) is 6.81. The highest BCUT2D eigenvalue weighted by molar-refractivity contribution is 5.38. The Hall–Kier alpha value is -1.64. The van der Waals surface area contributed by atoms with Gasteiger partial charge in [0.25, 0.3) is 0 Å². The molecule has 0 atom stereocenters. The van der Waals surface area contributed by atoms with Crippen molar-refractivity contribution in [2.75, 3.05) is 0 Å². The lowest BCUT2D eigenvalue weighted by Gasteiger charge is -2.02. The number of rotatable bonds is 1. The van der Waals surface area contributed by atoms with E-state index in [2.05, 4.69) is 23.3 Å². The monoisotopic (exact) mass is 159 g/mol. The third-order valence-corrected chi connectivity index (χ3v) is 1.78. The largest absolute Gasteiger partial charge is 0.221 e. The van der Waals surface area contributed by atoms with Crippen molar-refractivity contribution < 1.29 is 0 Å². The van der Waals surface area contributed by atoms with Gasteiger partial charge in [-0.3, -0.25) is 0 Å². The second-order valence-corrected chi connectivity index (χ2v) is 2.63. The van der Waals surface area contributed by atoms with Crippen LogP contribution >= 0.6 is 0 Å². The topological polar surface area (TPSA) is 30.7 Å². The van der Waals surface area contributed by atoms with Crippen LogP contribution in [0.25, 0.3) is 5.69 Å². The average molecular weight is 159 g/mol. The number of para-hydroxylation sites is 1. The van der Waals surface area contributed by atoms with Crippen LogP contribution in [0.5, 0.6) is 0 Å². The number of aromatic nitrogens is 3. The van der Waals surface area contributed by atoms with Crippen LogP contribution in [0.4, 0.5) is 0 Å². The first-order valence-corrected chi connectivity index (χ1v) is 3.80. The van der Waals surface area contributed by atoms with Gasteiger partial charge >= 0.3 is 0 Å². The summed E-state index contributed by atoms with van der Waals surface area (Å²) in [5.74, 6) is 0. The fraction of sp³-hybridized carbons (Fsp3) is 0.111.